The van der Waals surface area contributed by atoms with Gasteiger partial charge in [-0.3, -0.25) is 9.89 Å². The number of nitrogens with one attached hydrogen (secondary N) is 1. The minimum absolute atomic E-state index is 0.705. The molecule has 1 N–H and O–H groups in total. The fourth-order valence-electron chi connectivity index (χ4n) is 2.05. The van der Waals surface area contributed by atoms with Gasteiger partial charge in [0.25, 0.3) is 0 Å². The Morgan fingerprint density at radius 2 is 2.29 bits per heavy atom. The summed E-state index contributed by atoms with van der Waals surface area (Å²) in [6, 6.07) is 0. The Morgan fingerprint density at radius 3 is 3.00 bits per heavy atom. The molecule has 17 heavy (non-hydrogen) atoms. The maximum Gasteiger partial charge on any atom is 0.156 e. The first-order valence-electron chi connectivity index (χ1n) is 6.63. The number of aliphatic imine (C=N–C) groups is 1. The molecule has 0 aliphatic carbocycles. The van der Waals surface area contributed by atoms with E-state index in [0.717, 1.165) is 44.6 Å². The normalized spacial score (nSPS) is 25.9. The maximum absolute atomic E-state index is 5.33. The number of hydrogen-bond donors (Lipinski definition) is 1. The lowest BCUT2D eigenvalue weighted by atomic mass is 10.3. The van der Waals surface area contributed by atoms with Crippen molar-refractivity contribution in [3.05, 3.63) is 0 Å². The quantitative estimate of drug-likeness (QED) is 0.751. The summed E-state index contributed by atoms with van der Waals surface area (Å²) < 4.78 is 5.33. The highest BCUT2D eigenvalue weighted by molar-refractivity contribution is 8.14. The van der Waals surface area contributed by atoms with Crippen molar-refractivity contribution in [2.24, 2.45) is 4.99 Å². The summed E-state index contributed by atoms with van der Waals surface area (Å²) in [7, 11) is 0. The summed E-state index contributed by atoms with van der Waals surface area (Å²) in [5.41, 5.74) is 0. The lowest BCUT2D eigenvalue weighted by Gasteiger charge is -2.26. The molecule has 0 amide bonds. The Bertz CT molecular complexity index is 254. The molecule has 2 heterocycles. The topological polar surface area (TPSA) is 36.9 Å². The first-order valence-corrected chi connectivity index (χ1v) is 7.51. The second kappa shape index (κ2) is 7.24. The van der Waals surface area contributed by atoms with Gasteiger partial charge < -0.3 is 10.1 Å². The van der Waals surface area contributed by atoms with Gasteiger partial charge in [0.15, 0.2) is 5.17 Å². The molecule has 1 saturated heterocycles. The van der Waals surface area contributed by atoms with Crippen LogP contribution in [0.2, 0.25) is 0 Å². The number of nitrogens with zero attached hydrogens (tertiary/aromatic N) is 2. The molecule has 2 aliphatic rings. The van der Waals surface area contributed by atoms with Gasteiger partial charge in [-0.05, 0) is 19.4 Å². The van der Waals surface area contributed by atoms with Crippen molar-refractivity contribution >= 4 is 16.9 Å². The summed E-state index contributed by atoms with van der Waals surface area (Å²) >= 11 is 1.90. The molecular weight excluding hydrogens is 234 g/mol. The molecule has 1 fully saturated rings. The first kappa shape index (κ1) is 13.2. The molecule has 0 aromatic rings. The molecule has 0 spiro atoms. The smallest absolute Gasteiger partial charge is 0.156 e. The van der Waals surface area contributed by atoms with Crippen LogP contribution in [0.4, 0.5) is 0 Å². The summed E-state index contributed by atoms with van der Waals surface area (Å²) in [6.45, 7) is 9.41. The van der Waals surface area contributed by atoms with Crippen LogP contribution in [0.3, 0.4) is 0 Å². The predicted octanol–water partition coefficient (Wildman–Crippen LogP) is 1.18. The minimum Gasteiger partial charge on any atom is -0.379 e. The summed E-state index contributed by atoms with van der Waals surface area (Å²) in [5.74, 6) is 0. The van der Waals surface area contributed by atoms with E-state index in [1.54, 1.807) is 0 Å². The summed E-state index contributed by atoms with van der Waals surface area (Å²) in [4.78, 5) is 6.98. The van der Waals surface area contributed by atoms with E-state index in [1.807, 2.05) is 11.8 Å². The Kier molecular flexibility index (Phi) is 5.61. The molecule has 0 aromatic carbocycles. The largest absolute Gasteiger partial charge is 0.379 e. The molecule has 2 rings (SSSR count). The third-order valence-corrected chi connectivity index (χ3v) is 4.52. The van der Waals surface area contributed by atoms with Gasteiger partial charge >= 0.3 is 0 Å². The van der Waals surface area contributed by atoms with E-state index >= 15 is 0 Å². The maximum atomic E-state index is 5.33. The number of thioether (sulfide) groups is 1. The highest BCUT2D eigenvalue weighted by atomic mass is 32.2. The van der Waals surface area contributed by atoms with E-state index in [2.05, 4.69) is 22.1 Å². The summed E-state index contributed by atoms with van der Waals surface area (Å²) in [5, 5.41) is 5.30. The Balaban J connectivity index is 1.51. The van der Waals surface area contributed by atoms with Crippen molar-refractivity contribution in [2.45, 2.75) is 25.0 Å². The third kappa shape index (κ3) is 4.48. The van der Waals surface area contributed by atoms with Crippen LogP contribution in [0, 0.1) is 0 Å². The average Bonchev–Trinajstić information content (AvgIpc) is 2.84. The first-order chi connectivity index (χ1) is 8.38. The van der Waals surface area contributed by atoms with Gasteiger partial charge in [-0.2, -0.15) is 0 Å². The molecule has 1 unspecified atom stereocenters. The van der Waals surface area contributed by atoms with Crippen molar-refractivity contribution < 1.29 is 4.74 Å². The highest BCUT2D eigenvalue weighted by Gasteiger charge is 2.17. The van der Waals surface area contributed by atoms with Crippen molar-refractivity contribution in [1.82, 2.24) is 10.2 Å². The lowest BCUT2D eigenvalue weighted by molar-refractivity contribution is 0.0376. The number of rotatable bonds is 5. The lowest BCUT2D eigenvalue weighted by Crippen LogP contribution is -2.38. The van der Waals surface area contributed by atoms with Crippen LogP contribution in [0.15, 0.2) is 4.99 Å². The molecule has 4 nitrogen and oxygen atoms in total. The molecular formula is C12H23N3OS. The van der Waals surface area contributed by atoms with E-state index in [1.165, 1.54) is 19.4 Å². The Labute approximate surface area is 108 Å². The van der Waals surface area contributed by atoms with Crippen LogP contribution in [-0.2, 0) is 4.74 Å². The highest BCUT2D eigenvalue weighted by Crippen LogP contribution is 2.21. The van der Waals surface area contributed by atoms with Gasteiger partial charge in [-0.25, -0.2) is 0 Å². The van der Waals surface area contributed by atoms with Crippen LogP contribution in [0.5, 0.6) is 0 Å². The van der Waals surface area contributed by atoms with Crippen LogP contribution in [0.25, 0.3) is 0 Å². The number of ether oxygens (including phenoxy) is 1. The van der Waals surface area contributed by atoms with Crippen molar-refractivity contribution in [2.75, 3.05) is 45.9 Å². The van der Waals surface area contributed by atoms with Crippen molar-refractivity contribution in [3.8, 4) is 0 Å². The van der Waals surface area contributed by atoms with Crippen LogP contribution >= 0.6 is 11.8 Å². The second-order valence-electron chi connectivity index (χ2n) is 4.53. The Hall–Kier alpha value is -0.260. The monoisotopic (exact) mass is 257 g/mol. The van der Waals surface area contributed by atoms with Gasteiger partial charge in [-0.15, -0.1) is 0 Å². The van der Waals surface area contributed by atoms with Crippen molar-refractivity contribution in [3.63, 3.8) is 0 Å². The predicted molar refractivity (Wildman–Crippen MR) is 73.9 cm³/mol. The molecule has 1 atom stereocenters. The van der Waals surface area contributed by atoms with E-state index < -0.39 is 0 Å². The second-order valence-corrected chi connectivity index (χ2v) is 5.82. The zero-order chi connectivity index (χ0) is 11.9. The van der Waals surface area contributed by atoms with Gasteiger partial charge in [-0.1, -0.05) is 18.7 Å². The van der Waals surface area contributed by atoms with E-state index in [0.29, 0.717) is 5.25 Å². The average molecular weight is 257 g/mol. The minimum atomic E-state index is 0.705. The SMILES string of the molecule is CCC1CN=C(NCCCN2CCOCC2)S1. The molecule has 2 aliphatic heterocycles. The molecule has 98 valence electrons. The molecule has 0 aromatic heterocycles. The van der Waals surface area contributed by atoms with Crippen molar-refractivity contribution in [1.29, 1.82) is 0 Å². The summed E-state index contributed by atoms with van der Waals surface area (Å²) in [6.07, 6.45) is 2.41. The zero-order valence-corrected chi connectivity index (χ0v) is 11.5. The zero-order valence-electron chi connectivity index (χ0n) is 10.7. The van der Waals surface area contributed by atoms with E-state index in [4.69, 9.17) is 4.74 Å². The number of amidine groups is 1. The number of morpholine rings is 1. The van der Waals surface area contributed by atoms with E-state index in [-0.39, 0.29) is 0 Å². The van der Waals surface area contributed by atoms with Crippen LogP contribution < -0.4 is 5.32 Å². The van der Waals surface area contributed by atoms with Gasteiger partial charge in [0.1, 0.15) is 0 Å². The fraction of sp³-hybridized carbons (Fsp3) is 0.917. The number of hydrogen-bond acceptors (Lipinski definition) is 5. The fourth-order valence-corrected chi connectivity index (χ4v) is 3.02. The molecule has 0 saturated carbocycles. The van der Waals surface area contributed by atoms with Crippen LogP contribution in [-0.4, -0.2) is 61.3 Å². The molecule has 0 radical (unpaired) electrons. The van der Waals surface area contributed by atoms with Gasteiger partial charge in [0.05, 0.1) is 19.8 Å². The molecule has 0 bridgehead atoms. The molecule has 5 heteroatoms. The van der Waals surface area contributed by atoms with Gasteiger partial charge in [0.2, 0.25) is 0 Å². The third-order valence-electron chi connectivity index (χ3n) is 3.20. The Morgan fingerprint density at radius 1 is 1.47 bits per heavy atom. The van der Waals surface area contributed by atoms with Crippen LogP contribution in [0.1, 0.15) is 19.8 Å². The van der Waals surface area contributed by atoms with Gasteiger partial charge in [0, 0.05) is 24.9 Å². The standard InChI is InChI=1S/C12H23N3OS/c1-2-11-10-14-12(17-11)13-4-3-5-15-6-8-16-9-7-15/h11H,2-10H2,1H3,(H,13,14). The van der Waals surface area contributed by atoms with E-state index in [9.17, 15) is 0 Å².